The third-order valence-corrected chi connectivity index (χ3v) is 3.17. The van der Waals surface area contributed by atoms with Crippen LogP contribution in [-0.2, 0) is 9.53 Å². The van der Waals surface area contributed by atoms with Crippen LogP contribution in [0.3, 0.4) is 0 Å². The molecule has 24 heavy (non-hydrogen) atoms. The Bertz CT molecular complexity index is 709. The molecule has 2 aromatic carbocycles. The summed E-state index contributed by atoms with van der Waals surface area (Å²) in [5, 5.41) is 3.01. The van der Waals surface area contributed by atoms with E-state index in [1.165, 1.54) is 12.1 Å². The van der Waals surface area contributed by atoms with Gasteiger partial charge in [0.05, 0.1) is 5.02 Å². The van der Waals surface area contributed by atoms with Crippen LogP contribution >= 0.6 is 23.2 Å². The largest absolute Gasteiger partial charge is 0.480 e. The van der Waals surface area contributed by atoms with Gasteiger partial charge < -0.3 is 14.2 Å². The van der Waals surface area contributed by atoms with Crippen LogP contribution < -0.4 is 14.8 Å². The molecule has 2 aromatic rings. The Labute approximate surface area is 148 Å². The van der Waals surface area contributed by atoms with Crippen LogP contribution in [0.1, 0.15) is 0 Å². The van der Waals surface area contributed by atoms with Gasteiger partial charge in [-0.2, -0.15) is 0 Å². The van der Waals surface area contributed by atoms with Crippen LogP contribution in [0.4, 0.5) is 4.79 Å². The number of benzene rings is 2. The molecule has 0 saturated heterocycles. The third kappa shape index (κ3) is 5.98. The Kier molecular flexibility index (Phi) is 6.72. The third-order valence-electron chi connectivity index (χ3n) is 2.64. The standard InChI is InChI=1S/C16H13Cl2NO5/c17-11-6-7-14(13(18)8-11)22-9-15(20)23-10-19-16(21)24-12-4-2-1-3-5-12/h1-8H,9-10H2,(H,19,21). The summed E-state index contributed by atoms with van der Waals surface area (Å²) >= 11 is 11.7. The summed E-state index contributed by atoms with van der Waals surface area (Å²) < 4.78 is 14.9. The minimum Gasteiger partial charge on any atom is -0.480 e. The van der Waals surface area contributed by atoms with Crippen molar-refractivity contribution >= 4 is 35.3 Å². The van der Waals surface area contributed by atoms with Gasteiger partial charge in [0, 0.05) is 5.02 Å². The van der Waals surface area contributed by atoms with Gasteiger partial charge in [-0.25, -0.2) is 9.59 Å². The summed E-state index contributed by atoms with van der Waals surface area (Å²) in [6.45, 7) is -0.709. The molecule has 8 heteroatoms. The van der Waals surface area contributed by atoms with Crippen molar-refractivity contribution in [2.45, 2.75) is 0 Å². The number of rotatable bonds is 6. The van der Waals surface area contributed by atoms with E-state index in [1.54, 1.807) is 36.4 Å². The lowest BCUT2D eigenvalue weighted by molar-refractivity contribution is -0.146. The Hall–Kier alpha value is -2.44. The van der Waals surface area contributed by atoms with Crippen molar-refractivity contribution in [3.63, 3.8) is 0 Å². The predicted octanol–water partition coefficient (Wildman–Crippen LogP) is 3.66. The highest BCUT2D eigenvalue weighted by molar-refractivity contribution is 6.35. The van der Waals surface area contributed by atoms with Crippen molar-refractivity contribution < 1.29 is 23.8 Å². The number of carbonyl (C=O) groups excluding carboxylic acids is 2. The topological polar surface area (TPSA) is 73.9 Å². The minimum absolute atomic E-state index is 0.278. The zero-order valence-electron chi connectivity index (χ0n) is 12.3. The molecule has 1 amide bonds. The predicted molar refractivity (Wildman–Crippen MR) is 88.5 cm³/mol. The van der Waals surface area contributed by atoms with Crippen LogP contribution in [0.15, 0.2) is 48.5 Å². The van der Waals surface area contributed by atoms with Crippen molar-refractivity contribution in [1.82, 2.24) is 5.32 Å². The number of para-hydroxylation sites is 1. The second kappa shape index (κ2) is 9.00. The Morgan fingerprint density at radius 1 is 1.04 bits per heavy atom. The van der Waals surface area contributed by atoms with Crippen LogP contribution in [0.25, 0.3) is 0 Å². The quantitative estimate of drug-likeness (QED) is 0.621. The Morgan fingerprint density at radius 2 is 1.79 bits per heavy atom. The lowest BCUT2D eigenvalue weighted by atomic mass is 10.3. The van der Waals surface area contributed by atoms with Crippen molar-refractivity contribution in [1.29, 1.82) is 0 Å². The fraction of sp³-hybridized carbons (Fsp3) is 0.125. The van der Waals surface area contributed by atoms with Gasteiger partial charge in [0.1, 0.15) is 11.5 Å². The van der Waals surface area contributed by atoms with Crippen LogP contribution in [0, 0.1) is 0 Å². The maximum atomic E-state index is 11.5. The molecule has 0 heterocycles. The summed E-state index contributed by atoms with van der Waals surface area (Å²) in [5.41, 5.74) is 0. The molecule has 1 N–H and O–H groups in total. The molecule has 0 bridgehead atoms. The zero-order valence-corrected chi connectivity index (χ0v) is 13.8. The summed E-state index contributed by atoms with van der Waals surface area (Å²) in [6.07, 6.45) is -0.740. The van der Waals surface area contributed by atoms with Gasteiger partial charge in [0.25, 0.3) is 0 Å². The number of ether oxygens (including phenoxy) is 3. The maximum Gasteiger partial charge on any atom is 0.415 e. The molecule has 0 aliphatic carbocycles. The first-order chi connectivity index (χ1) is 11.5. The van der Waals surface area contributed by atoms with Crippen LogP contribution in [-0.4, -0.2) is 25.4 Å². The Morgan fingerprint density at radius 3 is 2.50 bits per heavy atom. The summed E-state index contributed by atoms with van der Waals surface area (Å²) in [7, 11) is 0. The minimum atomic E-state index is -0.740. The van der Waals surface area contributed by atoms with Gasteiger partial charge in [-0.15, -0.1) is 0 Å². The molecule has 0 spiro atoms. The molecular weight excluding hydrogens is 357 g/mol. The summed E-state index contributed by atoms with van der Waals surface area (Å²) in [4.78, 5) is 23.0. The lowest BCUT2D eigenvalue weighted by Crippen LogP contribution is -2.31. The van der Waals surface area contributed by atoms with E-state index in [-0.39, 0.29) is 18.4 Å². The van der Waals surface area contributed by atoms with E-state index in [0.29, 0.717) is 16.5 Å². The number of halogens is 2. The van der Waals surface area contributed by atoms with Gasteiger partial charge in [0.15, 0.2) is 13.3 Å². The molecule has 0 aliphatic heterocycles. The normalized spacial score (nSPS) is 9.92. The zero-order chi connectivity index (χ0) is 17.4. The molecule has 0 atom stereocenters. The maximum absolute atomic E-state index is 11.5. The lowest BCUT2D eigenvalue weighted by Gasteiger charge is -2.09. The fourth-order valence-electron chi connectivity index (χ4n) is 1.58. The molecule has 0 fully saturated rings. The number of hydrogen-bond donors (Lipinski definition) is 1. The van der Waals surface area contributed by atoms with Crippen molar-refractivity contribution in [3.8, 4) is 11.5 Å². The number of esters is 1. The van der Waals surface area contributed by atoms with E-state index >= 15 is 0 Å². The van der Waals surface area contributed by atoms with E-state index < -0.39 is 12.1 Å². The van der Waals surface area contributed by atoms with E-state index in [1.807, 2.05) is 0 Å². The fourth-order valence-corrected chi connectivity index (χ4v) is 2.04. The molecule has 126 valence electrons. The second-order valence-electron chi connectivity index (χ2n) is 4.40. The summed E-state index contributed by atoms with van der Waals surface area (Å²) in [5.74, 6) is -0.00229. The monoisotopic (exact) mass is 369 g/mol. The highest BCUT2D eigenvalue weighted by Crippen LogP contribution is 2.27. The number of nitrogens with one attached hydrogen (secondary N) is 1. The first-order valence-corrected chi connectivity index (χ1v) is 7.54. The average Bonchev–Trinajstić information content (AvgIpc) is 2.55. The smallest absolute Gasteiger partial charge is 0.415 e. The molecule has 0 radical (unpaired) electrons. The molecule has 0 saturated carbocycles. The van der Waals surface area contributed by atoms with Gasteiger partial charge in [-0.3, -0.25) is 5.32 Å². The van der Waals surface area contributed by atoms with Crippen LogP contribution in [0.5, 0.6) is 11.5 Å². The van der Waals surface area contributed by atoms with Crippen molar-refractivity contribution in [2.24, 2.45) is 0 Å². The molecule has 0 aliphatic rings. The molecule has 6 nitrogen and oxygen atoms in total. The molecule has 2 rings (SSSR count). The van der Waals surface area contributed by atoms with E-state index in [0.717, 1.165) is 0 Å². The Balaban J connectivity index is 1.67. The van der Waals surface area contributed by atoms with Gasteiger partial charge >= 0.3 is 12.1 Å². The van der Waals surface area contributed by atoms with E-state index in [2.05, 4.69) is 5.32 Å². The molecule has 0 aromatic heterocycles. The van der Waals surface area contributed by atoms with E-state index in [9.17, 15) is 9.59 Å². The van der Waals surface area contributed by atoms with Crippen LogP contribution in [0.2, 0.25) is 10.0 Å². The molecule has 0 unspecified atom stereocenters. The SMILES string of the molecule is O=C(COc1ccc(Cl)cc1Cl)OCNC(=O)Oc1ccccc1. The first kappa shape index (κ1) is 17.9. The number of carbonyl (C=O) groups is 2. The number of amides is 1. The molecular formula is C16H13Cl2NO5. The summed E-state index contributed by atoms with van der Waals surface area (Å²) in [6, 6.07) is 13.1. The van der Waals surface area contributed by atoms with Gasteiger partial charge in [-0.05, 0) is 30.3 Å². The second-order valence-corrected chi connectivity index (χ2v) is 5.25. The number of hydrogen-bond acceptors (Lipinski definition) is 5. The van der Waals surface area contributed by atoms with E-state index in [4.69, 9.17) is 37.4 Å². The highest BCUT2D eigenvalue weighted by atomic mass is 35.5. The average molecular weight is 370 g/mol. The van der Waals surface area contributed by atoms with Crippen molar-refractivity contribution in [2.75, 3.05) is 13.3 Å². The van der Waals surface area contributed by atoms with Gasteiger partial charge in [0.2, 0.25) is 0 Å². The van der Waals surface area contributed by atoms with Crippen molar-refractivity contribution in [3.05, 3.63) is 58.6 Å². The first-order valence-electron chi connectivity index (χ1n) is 6.79. The highest BCUT2D eigenvalue weighted by Gasteiger charge is 2.09. The van der Waals surface area contributed by atoms with Gasteiger partial charge in [-0.1, -0.05) is 41.4 Å².